The molecule has 0 bridgehead atoms. The Morgan fingerprint density at radius 2 is 1.77 bits per heavy atom. The van der Waals surface area contributed by atoms with Gasteiger partial charge in [0.15, 0.2) is 0 Å². The monoisotopic (exact) mass is 706 g/mol. The van der Waals surface area contributed by atoms with Gasteiger partial charge in [0.05, 0.1) is 44.3 Å². The molecule has 2 N–H and O–H groups in total. The van der Waals surface area contributed by atoms with Crippen LogP contribution in [0.5, 0.6) is 0 Å². The minimum Gasteiger partial charge on any atom is -0.361 e. The minimum atomic E-state index is -4.51. The summed E-state index contributed by atoms with van der Waals surface area (Å²) in [5.41, 5.74) is -0.164. The Hall–Kier alpha value is -1.90. The van der Waals surface area contributed by atoms with Gasteiger partial charge in [0, 0.05) is 33.9 Å². The number of alkyl halides is 5. The Morgan fingerprint density at radius 1 is 1.13 bits per heavy atom. The summed E-state index contributed by atoms with van der Waals surface area (Å²) < 4.78 is 92.7. The third-order valence-corrected chi connectivity index (χ3v) is 12.4. The van der Waals surface area contributed by atoms with Gasteiger partial charge in [0.2, 0.25) is 11.8 Å². The summed E-state index contributed by atoms with van der Waals surface area (Å²) in [6, 6.07) is 5.09. The van der Waals surface area contributed by atoms with Crippen molar-refractivity contribution in [3.8, 4) is 0 Å². The fraction of sp³-hybridized carbons (Fsp3) is 0.758. The van der Waals surface area contributed by atoms with E-state index < -0.39 is 53.8 Å². The Labute approximate surface area is 278 Å². The van der Waals surface area contributed by atoms with E-state index in [0.29, 0.717) is 17.6 Å². The molecular weight excluding hydrogens is 656 g/mol. The van der Waals surface area contributed by atoms with Crippen molar-refractivity contribution in [3.05, 3.63) is 29.6 Å². The van der Waals surface area contributed by atoms with Crippen LogP contribution in [0, 0.1) is 17.3 Å². The topological polar surface area (TPSA) is 85.3 Å². The third-order valence-electron chi connectivity index (χ3n) is 9.04. The van der Waals surface area contributed by atoms with Crippen LogP contribution in [0.25, 0.3) is 11.0 Å². The fourth-order valence-corrected chi connectivity index (χ4v) is 7.30. The zero-order valence-electron chi connectivity index (χ0n) is 28.8. The number of carbonyl (C=O) groups excluding carboxylic acids is 1. The number of nitrogens with one attached hydrogen (secondary N) is 2. The van der Waals surface area contributed by atoms with Crippen LogP contribution in [0.2, 0.25) is 25.7 Å². The van der Waals surface area contributed by atoms with Crippen molar-refractivity contribution >= 4 is 36.0 Å². The summed E-state index contributed by atoms with van der Waals surface area (Å²) in [6.07, 6.45) is -3.62. The Kier molecular flexibility index (Phi) is 11.1. The Bertz CT molecular complexity index is 1440. The number of hydrogen-bond acceptors (Lipinski definition) is 4. The first kappa shape index (κ1) is 37.9. The molecule has 1 amide bonds. The lowest BCUT2D eigenvalue weighted by Gasteiger charge is -2.34. The van der Waals surface area contributed by atoms with E-state index in [-0.39, 0.29) is 55.6 Å². The molecule has 0 radical (unpaired) electrons. The maximum Gasteiger partial charge on any atom is 0.394 e. The molecule has 2 aromatic rings. The van der Waals surface area contributed by atoms with E-state index in [2.05, 4.69) is 29.7 Å². The van der Waals surface area contributed by atoms with Crippen LogP contribution < -0.4 is 10.0 Å². The molecule has 2 aliphatic rings. The van der Waals surface area contributed by atoms with Crippen molar-refractivity contribution in [2.45, 2.75) is 134 Å². The van der Waals surface area contributed by atoms with Crippen LogP contribution >= 0.6 is 0 Å². The summed E-state index contributed by atoms with van der Waals surface area (Å²) in [7, 11) is -3.12. The molecule has 2 fully saturated rings. The zero-order valence-corrected chi connectivity index (χ0v) is 30.6. The predicted molar refractivity (Wildman–Crippen MR) is 178 cm³/mol. The number of benzene rings is 1. The number of nitrogens with zero attached hydrogens (tertiary/aromatic N) is 2. The van der Waals surface area contributed by atoms with Crippen molar-refractivity contribution in [2.24, 2.45) is 17.3 Å². The number of fused-ring (bicyclic) bond motifs is 1. The smallest absolute Gasteiger partial charge is 0.361 e. The van der Waals surface area contributed by atoms with E-state index in [1.165, 1.54) is 0 Å². The normalized spacial score (nSPS) is 19.8. The standard InChI is InChI=1S/C33H51F5N4O3SSi/c1-30(2,3)46(44)41-25(19-31(4,5)33(36,37)38)29-39-24-16-23(11-12-26(24)42(29)20-45-13-14-47(6,7)8)28(22-9-10-22)40-27(43)15-21-17-32(34,35)18-21/h11-12,16,21-22,25,28,41H,9-10,13-15,17-20H2,1-8H3,(H,40,43)/t25-,28+,46+/m0/s1. The van der Waals surface area contributed by atoms with Crippen LogP contribution in [0.3, 0.4) is 0 Å². The molecule has 14 heteroatoms. The number of imidazole rings is 1. The molecule has 4 rings (SSSR count). The Morgan fingerprint density at radius 3 is 2.30 bits per heavy atom. The number of ether oxygens (including phenoxy) is 1. The van der Waals surface area contributed by atoms with E-state index in [4.69, 9.17) is 9.72 Å². The molecular formula is C33H51F5N4O3SSi. The second-order valence-corrected chi connectivity index (χ2v) is 24.0. The van der Waals surface area contributed by atoms with Crippen LogP contribution in [0.4, 0.5) is 22.0 Å². The van der Waals surface area contributed by atoms with Gasteiger partial charge in [-0.1, -0.05) is 39.6 Å². The zero-order chi connectivity index (χ0) is 35.2. The first-order chi connectivity index (χ1) is 21.5. The van der Waals surface area contributed by atoms with Gasteiger partial charge in [-0.25, -0.2) is 22.7 Å². The average Bonchev–Trinajstić information content (AvgIpc) is 3.67. The molecule has 266 valence electrons. The highest BCUT2D eigenvalue weighted by atomic mass is 32.2. The molecule has 2 saturated carbocycles. The molecule has 1 heterocycles. The van der Waals surface area contributed by atoms with Crippen LogP contribution in [0.15, 0.2) is 18.2 Å². The van der Waals surface area contributed by atoms with E-state index in [0.717, 1.165) is 38.3 Å². The molecule has 0 unspecified atom stereocenters. The average molecular weight is 707 g/mol. The third kappa shape index (κ3) is 10.1. The van der Waals surface area contributed by atoms with Gasteiger partial charge in [-0.15, -0.1) is 0 Å². The number of hydrogen-bond donors (Lipinski definition) is 2. The van der Waals surface area contributed by atoms with Gasteiger partial charge < -0.3 is 14.6 Å². The number of carbonyl (C=O) groups is 1. The van der Waals surface area contributed by atoms with Crippen molar-refractivity contribution in [3.63, 3.8) is 0 Å². The number of amides is 1. The van der Waals surface area contributed by atoms with E-state index in [9.17, 15) is 31.0 Å². The lowest BCUT2D eigenvalue weighted by molar-refractivity contribution is -0.215. The molecule has 0 saturated heterocycles. The van der Waals surface area contributed by atoms with E-state index in [1.54, 1.807) is 25.3 Å². The van der Waals surface area contributed by atoms with Crippen molar-refractivity contribution in [2.75, 3.05) is 6.61 Å². The quantitative estimate of drug-likeness (QED) is 0.111. The second kappa shape index (κ2) is 13.8. The molecule has 47 heavy (non-hydrogen) atoms. The highest BCUT2D eigenvalue weighted by Gasteiger charge is 2.49. The largest absolute Gasteiger partial charge is 0.394 e. The van der Waals surface area contributed by atoms with Crippen LogP contribution in [-0.4, -0.2) is 51.2 Å². The highest BCUT2D eigenvalue weighted by molar-refractivity contribution is 7.84. The Balaban J connectivity index is 1.70. The van der Waals surface area contributed by atoms with Gasteiger partial charge in [0.1, 0.15) is 12.6 Å². The molecule has 1 aromatic heterocycles. The van der Waals surface area contributed by atoms with Gasteiger partial charge in [-0.3, -0.25) is 4.79 Å². The fourth-order valence-electron chi connectivity index (χ4n) is 5.74. The molecule has 7 nitrogen and oxygen atoms in total. The van der Waals surface area contributed by atoms with Crippen molar-refractivity contribution in [1.29, 1.82) is 0 Å². The van der Waals surface area contributed by atoms with Crippen LogP contribution in [-0.2, 0) is 27.2 Å². The lowest BCUT2D eigenvalue weighted by atomic mass is 9.79. The lowest BCUT2D eigenvalue weighted by Crippen LogP contribution is -2.41. The van der Waals surface area contributed by atoms with E-state index >= 15 is 0 Å². The van der Waals surface area contributed by atoms with Crippen molar-refractivity contribution < 1.29 is 35.7 Å². The second-order valence-electron chi connectivity index (χ2n) is 16.3. The number of halogens is 5. The molecule has 3 atom stereocenters. The van der Waals surface area contributed by atoms with Gasteiger partial charge in [-0.2, -0.15) is 13.2 Å². The first-order valence-corrected chi connectivity index (χ1v) is 21.3. The SMILES string of the molecule is CC(C)(C)[S@@](=O)N[C@@H](CC(C)(C)C(F)(F)F)c1nc2cc([C@H](NC(=O)CC3CC(F)(F)C3)C3CC3)ccc2n1COCC[Si](C)(C)C. The summed E-state index contributed by atoms with van der Waals surface area (Å²) in [4.78, 5) is 17.7. The molecule has 0 spiro atoms. The molecule has 1 aromatic carbocycles. The van der Waals surface area contributed by atoms with Crippen LogP contribution in [0.1, 0.15) is 96.6 Å². The summed E-state index contributed by atoms with van der Waals surface area (Å²) >= 11 is 0. The maximum atomic E-state index is 14.2. The maximum absolute atomic E-state index is 14.2. The number of aromatic nitrogens is 2. The summed E-state index contributed by atoms with van der Waals surface area (Å²) in [5, 5.41) is 3.06. The predicted octanol–water partition coefficient (Wildman–Crippen LogP) is 8.42. The molecule has 2 aliphatic carbocycles. The summed E-state index contributed by atoms with van der Waals surface area (Å²) in [6.45, 7) is 14.7. The van der Waals surface area contributed by atoms with Gasteiger partial charge in [0.25, 0.3) is 0 Å². The minimum absolute atomic E-state index is 0.0435. The number of rotatable bonds is 15. The summed E-state index contributed by atoms with van der Waals surface area (Å²) in [5.74, 6) is -2.81. The molecule has 0 aliphatic heterocycles. The highest BCUT2D eigenvalue weighted by Crippen LogP contribution is 2.46. The van der Waals surface area contributed by atoms with Gasteiger partial charge >= 0.3 is 6.18 Å². The van der Waals surface area contributed by atoms with Gasteiger partial charge in [-0.05, 0) is 75.6 Å². The van der Waals surface area contributed by atoms with E-state index in [1.807, 2.05) is 18.2 Å². The first-order valence-electron chi connectivity index (χ1n) is 16.5. The van der Waals surface area contributed by atoms with Crippen molar-refractivity contribution in [1.82, 2.24) is 19.6 Å².